The van der Waals surface area contributed by atoms with Crippen LogP contribution >= 0.6 is 0 Å². The topological polar surface area (TPSA) is 20.2 Å². The average molecular weight is 196 g/mol. The van der Waals surface area contributed by atoms with Crippen LogP contribution in [0.2, 0.25) is 0 Å². The van der Waals surface area contributed by atoms with E-state index in [9.17, 15) is 5.11 Å². The lowest BCUT2D eigenvalue weighted by Crippen LogP contribution is -2.31. The lowest BCUT2D eigenvalue weighted by Gasteiger charge is -2.33. The van der Waals surface area contributed by atoms with E-state index in [0.29, 0.717) is 17.8 Å². The van der Waals surface area contributed by atoms with E-state index < -0.39 is 0 Å². The molecule has 1 saturated carbocycles. The van der Waals surface area contributed by atoms with E-state index in [4.69, 9.17) is 0 Å². The van der Waals surface area contributed by atoms with Crippen LogP contribution in [0.15, 0.2) is 12.7 Å². The Morgan fingerprint density at radius 2 is 1.79 bits per heavy atom. The van der Waals surface area contributed by atoms with Gasteiger partial charge in [0.05, 0.1) is 6.10 Å². The Kier molecular flexibility index (Phi) is 4.67. The van der Waals surface area contributed by atoms with Gasteiger partial charge < -0.3 is 5.11 Å². The Morgan fingerprint density at radius 1 is 1.21 bits per heavy atom. The van der Waals surface area contributed by atoms with Gasteiger partial charge in [-0.15, -0.1) is 6.58 Å². The number of rotatable bonds is 4. The highest BCUT2D eigenvalue weighted by Gasteiger charge is 2.28. The molecule has 0 bridgehead atoms. The minimum absolute atomic E-state index is 0.199. The van der Waals surface area contributed by atoms with Crippen LogP contribution in [0.4, 0.5) is 0 Å². The quantitative estimate of drug-likeness (QED) is 0.683. The number of hydrogen-bond donors (Lipinski definition) is 1. The van der Waals surface area contributed by atoms with Gasteiger partial charge in [-0.05, 0) is 24.7 Å². The van der Waals surface area contributed by atoms with Gasteiger partial charge in [0.2, 0.25) is 0 Å². The van der Waals surface area contributed by atoms with Crippen molar-refractivity contribution in [1.82, 2.24) is 0 Å². The summed E-state index contributed by atoms with van der Waals surface area (Å²) in [5.74, 6) is 1.34. The van der Waals surface area contributed by atoms with Gasteiger partial charge in [-0.25, -0.2) is 0 Å². The second kappa shape index (κ2) is 5.55. The van der Waals surface area contributed by atoms with Crippen molar-refractivity contribution in [2.45, 2.75) is 52.1 Å². The first kappa shape index (κ1) is 11.8. The zero-order valence-electron chi connectivity index (χ0n) is 9.58. The van der Waals surface area contributed by atoms with Gasteiger partial charge in [0.25, 0.3) is 0 Å². The summed E-state index contributed by atoms with van der Waals surface area (Å²) in [6.07, 6.45) is 8.37. The largest absolute Gasteiger partial charge is 0.392 e. The lowest BCUT2D eigenvalue weighted by molar-refractivity contribution is 0.0483. The van der Waals surface area contributed by atoms with Crippen molar-refractivity contribution in [3.8, 4) is 0 Å². The standard InChI is InChI=1S/C13H24O/c1-4-12(13(14)10(2)3)11-8-6-5-7-9-11/h4,10-14H,1,5-9H2,2-3H3/t12-,13+/m0/s1. The molecule has 0 unspecified atom stereocenters. The van der Waals surface area contributed by atoms with E-state index in [1.807, 2.05) is 6.08 Å². The van der Waals surface area contributed by atoms with Crippen LogP contribution in [0.1, 0.15) is 46.0 Å². The Morgan fingerprint density at radius 3 is 2.21 bits per heavy atom. The minimum atomic E-state index is -0.199. The molecule has 0 heterocycles. The molecule has 0 aromatic carbocycles. The maximum atomic E-state index is 10.1. The number of aliphatic hydroxyl groups excluding tert-OH is 1. The zero-order valence-corrected chi connectivity index (χ0v) is 9.58. The van der Waals surface area contributed by atoms with Crippen molar-refractivity contribution in [2.24, 2.45) is 17.8 Å². The van der Waals surface area contributed by atoms with E-state index in [1.54, 1.807) is 0 Å². The fourth-order valence-corrected chi connectivity index (χ4v) is 2.57. The highest BCUT2D eigenvalue weighted by Crippen LogP contribution is 2.34. The van der Waals surface area contributed by atoms with Crippen molar-refractivity contribution >= 4 is 0 Å². The molecule has 1 heteroatoms. The van der Waals surface area contributed by atoms with Gasteiger partial charge in [-0.1, -0.05) is 39.2 Å². The highest BCUT2D eigenvalue weighted by atomic mass is 16.3. The van der Waals surface area contributed by atoms with Crippen molar-refractivity contribution in [2.75, 3.05) is 0 Å². The molecule has 0 aliphatic heterocycles. The number of hydrogen-bond acceptors (Lipinski definition) is 1. The summed E-state index contributed by atoms with van der Waals surface area (Å²) in [7, 11) is 0. The van der Waals surface area contributed by atoms with Crippen molar-refractivity contribution in [3.05, 3.63) is 12.7 Å². The van der Waals surface area contributed by atoms with Crippen LogP contribution in [0.5, 0.6) is 0 Å². The third-order valence-electron chi connectivity index (χ3n) is 3.54. The second-order valence-corrected chi connectivity index (χ2v) is 4.95. The molecule has 1 N–H and O–H groups in total. The smallest absolute Gasteiger partial charge is 0.0628 e. The van der Waals surface area contributed by atoms with Gasteiger partial charge >= 0.3 is 0 Å². The Balaban J connectivity index is 2.55. The highest BCUT2D eigenvalue weighted by molar-refractivity contribution is 4.91. The molecule has 14 heavy (non-hydrogen) atoms. The predicted octanol–water partition coefficient (Wildman–Crippen LogP) is 3.39. The Labute approximate surface area is 88.2 Å². The molecule has 1 nitrogen and oxygen atoms in total. The van der Waals surface area contributed by atoms with Crippen LogP contribution in [0.25, 0.3) is 0 Å². The van der Waals surface area contributed by atoms with E-state index in [1.165, 1.54) is 32.1 Å². The molecule has 0 amide bonds. The van der Waals surface area contributed by atoms with Crippen molar-refractivity contribution < 1.29 is 5.11 Å². The van der Waals surface area contributed by atoms with Gasteiger partial charge in [0.15, 0.2) is 0 Å². The average Bonchev–Trinajstić information content (AvgIpc) is 2.20. The molecule has 1 aliphatic carbocycles. The van der Waals surface area contributed by atoms with E-state index in [-0.39, 0.29) is 6.10 Å². The normalized spacial score (nSPS) is 23.4. The molecule has 82 valence electrons. The third kappa shape index (κ3) is 2.84. The van der Waals surface area contributed by atoms with Crippen LogP contribution < -0.4 is 0 Å². The van der Waals surface area contributed by atoms with Crippen molar-refractivity contribution in [3.63, 3.8) is 0 Å². The maximum Gasteiger partial charge on any atom is 0.0628 e. The fraction of sp³-hybridized carbons (Fsp3) is 0.846. The molecule has 1 rings (SSSR count). The summed E-state index contributed by atoms with van der Waals surface area (Å²) in [6, 6.07) is 0. The van der Waals surface area contributed by atoms with E-state index in [0.717, 1.165) is 0 Å². The Hall–Kier alpha value is -0.300. The molecular weight excluding hydrogens is 172 g/mol. The van der Waals surface area contributed by atoms with E-state index in [2.05, 4.69) is 20.4 Å². The first-order valence-corrected chi connectivity index (χ1v) is 5.97. The second-order valence-electron chi connectivity index (χ2n) is 4.95. The first-order chi connectivity index (χ1) is 6.66. The first-order valence-electron chi connectivity index (χ1n) is 5.97. The molecule has 0 spiro atoms. The van der Waals surface area contributed by atoms with Crippen LogP contribution in [0, 0.1) is 17.8 Å². The van der Waals surface area contributed by atoms with Gasteiger partial charge in [0.1, 0.15) is 0 Å². The van der Waals surface area contributed by atoms with Crippen LogP contribution in [-0.4, -0.2) is 11.2 Å². The zero-order chi connectivity index (χ0) is 10.6. The van der Waals surface area contributed by atoms with Crippen LogP contribution in [-0.2, 0) is 0 Å². The summed E-state index contributed by atoms with van der Waals surface area (Å²) in [4.78, 5) is 0. The van der Waals surface area contributed by atoms with Crippen LogP contribution in [0.3, 0.4) is 0 Å². The fourth-order valence-electron chi connectivity index (χ4n) is 2.57. The molecule has 0 aromatic heterocycles. The third-order valence-corrected chi connectivity index (χ3v) is 3.54. The minimum Gasteiger partial charge on any atom is -0.392 e. The van der Waals surface area contributed by atoms with E-state index >= 15 is 0 Å². The summed E-state index contributed by atoms with van der Waals surface area (Å²) < 4.78 is 0. The molecule has 0 saturated heterocycles. The van der Waals surface area contributed by atoms with Crippen molar-refractivity contribution in [1.29, 1.82) is 0 Å². The molecule has 1 aliphatic rings. The summed E-state index contributed by atoms with van der Waals surface area (Å²) in [6.45, 7) is 8.05. The van der Waals surface area contributed by atoms with Gasteiger partial charge in [-0.2, -0.15) is 0 Å². The monoisotopic (exact) mass is 196 g/mol. The Bertz CT molecular complexity index is 168. The summed E-state index contributed by atoms with van der Waals surface area (Å²) >= 11 is 0. The molecular formula is C13H24O. The number of aliphatic hydroxyl groups is 1. The molecule has 0 aromatic rings. The molecule has 0 radical (unpaired) electrons. The van der Waals surface area contributed by atoms with Gasteiger partial charge in [0, 0.05) is 5.92 Å². The maximum absolute atomic E-state index is 10.1. The SMILES string of the molecule is C=C[C@@H](C1CCCCC1)[C@H](O)C(C)C. The summed E-state index contributed by atoms with van der Waals surface area (Å²) in [5.41, 5.74) is 0. The predicted molar refractivity (Wildman–Crippen MR) is 61.1 cm³/mol. The lowest BCUT2D eigenvalue weighted by atomic mass is 9.75. The van der Waals surface area contributed by atoms with Gasteiger partial charge in [-0.3, -0.25) is 0 Å². The molecule has 1 fully saturated rings. The summed E-state index contributed by atoms with van der Waals surface area (Å²) in [5, 5.41) is 10.1. The molecule has 2 atom stereocenters.